The highest BCUT2D eigenvalue weighted by Crippen LogP contribution is 2.24. The minimum Gasteiger partial charge on any atom is -0.508 e. The lowest BCUT2D eigenvalue weighted by atomic mass is 10.1. The molecule has 0 spiro atoms. The minimum atomic E-state index is 0.109. The lowest BCUT2D eigenvalue weighted by Crippen LogP contribution is -2.43. The van der Waals surface area contributed by atoms with Crippen LogP contribution in [0.15, 0.2) is 18.2 Å². The quantitative estimate of drug-likeness (QED) is 0.775. The van der Waals surface area contributed by atoms with Crippen LogP contribution in [-0.2, 0) is 0 Å². The van der Waals surface area contributed by atoms with Crippen molar-refractivity contribution < 1.29 is 10.2 Å². The van der Waals surface area contributed by atoms with E-state index in [4.69, 9.17) is 0 Å². The van der Waals surface area contributed by atoms with E-state index in [-0.39, 0.29) is 17.5 Å². The summed E-state index contributed by atoms with van der Waals surface area (Å²) in [6.45, 7) is 7.62. The van der Waals surface area contributed by atoms with Crippen LogP contribution >= 0.6 is 0 Å². The van der Waals surface area contributed by atoms with Crippen molar-refractivity contribution in [2.45, 2.75) is 45.2 Å². The Kier molecular flexibility index (Phi) is 5.26. The first kappa shape index (κ1) is 15.1. The topological polar surface area (TPSA) is 55.7 Å². The maximum absolute atomic E-state index is 9.53. The molecule has 0 bridgehead atoms. The van der Waals surface area contributed by atoms with Crippen molar-refractivity contribution in [1.29, 1.82) is 0 Å². The van der Waals surface area contributed by atoms with Crippen molar-refractivity contribution in [3.8, 4) is 11.5 Å². The van der Waals surface area contributed by atoms with Crippen molar-refractivity contribution in [3.63, 3.8) is 0 Å². The Hall–Kier alpha value is -1.26. The van der Waals surface area contributed by atoms with Crippen LogP contribution in [0.3, 0.4) is 0 Å². The molecule has 2 rings (SSSR count). The summed E-state index contributed by atoms with van der Waals surface area (Å²) >= 11 is 0. The number of hydrogen-bond acceptors (Lipinski definition) is 4. The van der Waals surface area contributed by atoms with Crippen LogP contribution in [0.4, 0.5) is 0 Å². The molecule has 112 valence electrons. The highest BCUT2D eigenvalue weighted by molar-refractivity contribution is 5.37. The Labute approximate surface area is 121 Å². The summed E-state index contributed by atoms with van der Waals surface area (Å²) in [5, 5.41) is 22.5. The molecule has 1 aliphatic rings. The van der Waals surface area contributed by atoms with E-state index < -0.39 is 0 Å². The SMILES string of the molecule is CC(NCC(C)N1CCCCC1)c1cc(O)cc(O)c1. The molecular weight excluding hydrogens is 252 g/mol. The Bertz CT molecular complexity index is 410. The van der Waals surface area contributed by atoms with Crippen LogP contribution in [0, 0.1) is 0 Å². The highest BCUT2D eigenvalue weighted by atomic mass is 16.3. The molecule has 4 nitrogen and oxygen atoms in total. The van der Waals surface area contributed by atoms with Gasteiger partial charge in [-0.05, 0) is 57.5 Å². The molecule has 1 aromatic carbocycles. The van der Waals surface area contributed by atoms with E-state index >= 15 is 0 Å². The maximum atomic E-state index is 9.53. The molecular formula is C16H26N2O2. The van der Waals surface area contributed by atoms with Crippen molar-refractivity contribution in [3.05, 3.63) is 23.8 Å². The number of nitrogens with one attached hydrogen (secondary N) is 1. The van der Waals surface area contributed by atoms with Gasteiger partial charge in [0.2, 0.25) is 0 Å². The first-order valence-electron chi connectivity index (χ1n) is 7.56. The molecule has 1 fully saturated rings. The number of piperidine rings is 1. The fourth-order valence-electron chi connectivity index (χ4n) is 2.82. The number of hydrogen-bond donors (Lipinski definition) is 3. The second-order valence-corrected chi connectivity index (χ2v) is 5.86. The third-order valence-corrected chi connectivity index (χ3v) is 4.16. The summed E-state index contributed by atoms with van der Waals surface area (Å²) in [7, 11) is 0. The first-order chi connectivity index (χ1) is 9.56. The standard InChI is InChI=1S/C16H26N2O2/c1-12(18-6-4-3-5-7-18)11-17-13(2)14-8-15(19)10-16(20)9-14/h8-10,12-13,17,19-20H,3-7,11H2,1-2H3. The second-order valence-electron chi connectivity index (χ2n) is 5.86. The smallest absolute Gasteiger partial charge is 0.119 e. The summed E-state index contributed by atoms with van der Waals surface area (Å²) in [6.07, 6.45) is 3.97. The molecule has 20 heavy (non-hydrogen) atoms. The fourth-order valence-corrected chi connectivity index (χ4v) is 2.82. The summed E-state index contributed by atoms with van der Waals surface area (Å²) in [5.41, 5.74) is 0.911. The molecule has 4 heteroatoms. The fraction of sp³-hybridized carbons (Fsp3) is 0.625. The average Bonchev–Trinajstić information content (AvgIpc) is 2.44. The molecule has 1 saturated heterocycles. The number of benzene rings is 1. The third kappa shape index (κ3) is 4.12. The zero-order valence-electron chi connectivity index (χ0n) is 12.5. The van der Waals surface area contributed by atoms with Gasteiger partial charge in [-0.2, -0.15) is 0 Å². The molecule has 1 heterocycles. The third-order valence-electron chi connectivity index (χ3n) is 4.16. The van der Waals surface area contributed by atoms with Gasteiger partial charge in [0.15, 0.2) is 0 Å². The Morgan fingerprint density at radius 2 is 1.65 bits per heavy atom. The zero-order valence-corrected chi connectivity index (χ0v) is 12.5. The van der Waals surface area contributed by atoms with Gasteiger partial charge in [0.1, 0.15) is 11.5 Å². The lowest BCUT2D eigenvalue weighted by molar-refractivity contribution is 0.168. The normalized spacial score (nSPS) is 19.7. The van der Waals surface area contributed by atoms with Crippen molar-refractivity contribution >= 4 is 0 Å². The molecule has 0 amide bonds. The molecule has 2 atom stereocenters. The summed E-state index contributed by atoms with van der Waals surface area (Å²) in [5.74, 6) is 0.218. The summed E-state index contributed by atoms with van der Waals surface area (Å²) in [4.78, 5) is 2.53. The van der Waals surface area contributed by atoms with E-state index in [1.54, 1.807) is 12.1 Å². The Balaban J connectivity index is 1.86. The van der Waals surface area contributed by atoms with Gasteiger partial charge in [-0.15, -0.1) is 0 Å². The number of phenols is 2. The molecule has 2 unspecified atom stereocenters. The predicted octanol–water partition coefficient (Wildman–Crippen LogP) is 2.62. The Morgan fingerprint density at radius 3 is 2.25 bits per heavy atom. The second kappa shape index (κ2) is 6.95. The van der Waals surface area contributed by atoms with Gasteiger partial charge >= 0.3 is 0 Å². The number of rotatable bonds is 5. The Morgan fingerprint density at radius 1 is 1.05 bits per heavy atom. The van der Waals surface area contributed by atoms with Crippen molar-refractivity contribution in [1.82, 2.24) is 10.2 Å². The molecule has 3 N–H and O–H groups in total. The zero-order chi connectivity index (χ0) is 14.5. The number of phenolic OH excluding ortho intramolecular Hbond substituents is 2. The molecule has 0 aromatic heterocycles. The van der Waals surface area contributed by atoms with E-state index in [0.717, 1.165) is 12.1 Å². The first-order valence-corrected chi connectivity index (χ1v) is 7.56. The van der Waals surface area contributed by atoms with E-state index in [9.17, 15) is 10.2 Å². The van der Waals surface area contributed by atoms with Crippen LogP contribution in [0.2, 0.25) is 0 Å². The van der Waals surface area contributed by atoms with E-state index in [1.165, 1.54) is 38.4 Å². The summed E-state index contributed by atoms with van der Waals surface area (Å²) < 4.78 is 0. The van der Waals surface area contributed by atoms with E-state index in [1.807, 2.05) is 0 Å². The number of likely N-dealkylation sites (tertiary alicyclic amines) is 1. The molecule has 0 aliphatic carbocycles. The predicted molar refractivity (Wildman–Crippen MR) is 81.1 cm³/mol. The van der Waals surface area contributed by atoms with Crippen LogP contribution in [0.5, 0.6) is 11.5 Å². The van der Waals surface area contributed by atoms with Gasteiger partial charge in [0.05, 0.1) is 0 Å². The monoisotopic (exact) mass is 278 g/mol. The molecule has 1 aromatic rings. The van der Waals surface area contributed by atoms with Crippen LogP contribution in [-0.4, -0.2) is 40.8 Å². The van der Waals surface area contributed by atoms with Gasteiger partial charge in [0.25, 0.3) is 0 Å². The van der Waals surface area contributed by atoms with Gasteiger partial charge in [-0.25, -0.2) is 0 Å². The van der Waals surface area contributed by atoms with Gasteiger partial charge < -0.3 is 15.5 Å². The molecule has 0 radical (unpaired) electrons. The summed E-state index contributed by atoms with van der Waals surface area (Å²) in [6, 6.07) is 5.38. The maximum Gasteiger partial charge on any atom is 0.119 e. The van der Waals surface area contributed by atoms with Crippen molar-refractivity contribution in [2.24, 2.45) is 0 Å². The van der Waals surface area contributed by atoms with Crippen molar-refractivity contribution in [2.75, 3.05) is 19.6 Å². The minimum absolute atomic E-state index is 0.109. The molecule has 1 aliphatic heterocycles. The van der Waals surface area contributed by atoms with E-state index in [0.29, 0.717) is 6.04 Å². The largest absolute Gasteiger partial charge is 0.508 e. The van der Waals surface area contributed by atoms with Crippen LogP contribution in [0.25, 0.3) is 0 Å². The lowest BCUT2D eigenvalue weighted by Gasteiger charge is -2.33. The van der Waals surface area contributed by atoms with Gasteiger partial charge in [0, 0.05) is 24.7 Å². The van der Waals surface area contributed by atoms with Crippen LogP contribution in [0.1, 0.15) is 44.7 Å². The average molecular weight is 278 g/mol. The van der Waals surface area contributed by atoms with Gasteiger partial charge in [-0.1, -0.05) is 6.42 Å². The van der Waals surface area contributed by atoms with Gasteiger partial charge in [-0.3, -0.25) is 4.90 Å². The number of aromatic hydroxyl groups is 2. The number of nitrogens with zero attached hydrogens (tertiary/aromatic N) is 1. The van der Waals surface area contributed by atoms with E-state index in [2.05, 4.69) is 24.1 Å². The highest BCUT2D eigenvalue weighted by Gasteiger charge is 2.17. The molecule has 0 saturated carbocycles. The van der Waals surface area contributed by atoms with Crippen LogP contribution < -0.4 is 5.32 Å².